The van der Waals surface area contributed by atoms with Gasteiger partial charge >= 0.3 is 6.18 Å². The molecule has 3 N–H and O–H groups in total. The molecular weight excluding hydrogens is 527 g/mol. The van der Waals surface area contributed by atoms with Gasteiger partial charge in [0.25, 0.3) is 11.8 Å². The number of alkyl halides is 3. The van der Waals surface area contributed by atoms with Gasteiger partial charge in [-0.3, -0.25) is 14.6 Å². The number of carbonyl (C=O) groups is 2. The van der Waals surface area contributed by atoms with Crippen LogP contribution in [0, 0.1) is 6.92 Å². The molecule has 1 aromatic carbocycles. The minimum absolute atomic E-state index is 0.0195. The number of benzene rings is 1. The summed E-state index contributed by atoms with van der Waals surface area (Å²) in [7, 11) is 0. The van der Waals surface area contributed by atoms with Gasteiger partial charge in [-0.1, -0.05) is 22.8 Å². The minimum atomic E-state index is -4.57. The average Bonchev–Trinajstić information content (AvgIpc) is 3.37. The Morgan fingerprint density at radius 2 is 1.76 bits per heavy atom. The highest BCUT2D eigenvalue weighted by Gasteiger charge is 2.32. The molecule has 0 bridgehead atoms. The van der Waals surface area contributed by atoms with Crippen LogP contribution in [0.15, 0.2) is 59.6 Å². The number of carbonyl (C=O) groups excluding carboxylic acids is 2. The summed E-state index contributed by atoms with van der Waals surface area (Å²) < 4.78 is 44.5. The van der Waals surface area contributed by atoms with E-state index in [-0.39, 0.29) is 39.2 Å². The number of amides is 2. The zero-order valence-corrected chi connectivity index (χ0v) is 20.6. The third-order valence-electron chi connectivity index (χ3n) is 5.29. The predicted molar refractivity (Wildman–Crippen MR) is 131 cm³/mol. The van der Waals surface area contributed by atoms with Crippen molar-refractivity contribution < 1.29 is 27.3 Å². The predicted octanol–water partition coefficient (Wildman–Crippen LogP) is 5.33. The van der Waals surface area contributed by atoms with Crippen molar-refractivity contribution in [2.75, 3.05) is 10.6 Å². The first-order valence-electron chi connectivity index (χ1n) is 11.0. The van der Waals surface area contributed by atoms with Crippen LogP contribution in [0.3, 0.4) is 0 Å². The summed E-state index contributed by atoms with van der Waals surface area (Å²) in [6.45, 7) is 2.90. The number of pyridine rings is 1. The van der Waals surface area contributed by atoms with E-state index in [4.69, 9.17) is 16.1 Å². The van der Waals surface area contributed by atoms with Crippen LogP contribution < -0.4 is 16.0 Å². The Morgan fingerprint density at radius 1 is 1.03 bits per heavy atom. The highest BCUT2D eigenvalue weighted by atomic mass is 35.5. The summed E-state index contributed by atoms with van der Waals surface area (Å²) in [5, 5.41) is 11.7. The molecule has 10 nitrogen and oxygen atoms in total. The van der Waals surface area contributed by atoms with Gasteiger partial charge in [0.05, 0.1) is 11.6 Å². The molecule has 0 unspecified atom stereocenters. The number of halogens is 4. The molecule has 4 aromatic rings. The van der Waals surface area contributed by atoms with Crippen molar-refractivity contribution in [3.63, 3.8) is 0 Å². The van der Waals surface area contributed by atoms with Gasteiger partial charge in [0.1, 0.15) is 17.0 Å². The van der Waals surface area contributed by atoms with Gasteiger partial charge in [0.2, 0.25) is 5.76 Å². The second-order valence-corrected chi connectivity index (χ2v) is 8.42. The molecule has 1 atom stereocenters. The first-order valence-corrected chi connectivity index (χ1v) is 11.3. The van der Waals surface area contributed by atoms with Crippen LogP contribution in [0.4, 0.5) is 30.4 Å². The van der Waals surface area contributed by atoms with Crippen LogP contribution in [-0.4, -0.2) is 31.9 Å². The Morgan fingerprint density at radius 3 is 2.47 bits per heavy atom. The lowest BCUT2D eigenvalue weighted by atomic mass is 10.1. The standard InChI is InChI=1S/C24H19ClF3N7O3/c1-12-3-4-15(9-16(12)24(26,27)28)34-22(36)18-10-17(35-38-18)13(2)32-23(37)20-19(25)21(31-11-30-20)33-14-5-7-29-8-6-14/h3-11,13H,1-2H3,(H,32,37)(H,34,36)(H,29,30,31,33)/t13-/m1/s1. The molecule has 14 heteroatoms. The molecule has 0 aliphatic rings. The molecule has 0 fully saturated rings. The summed E-state index contributed by atoms with van der Waals surface area (Å²) in [5.74, 6) is -1.52. The lowest BCUT2D eigenvalue weighted by Gasteiger charge is -2.13. The van der Waals surface area contributed by atoms with E-state index in [2.05, 4.69) is 36.1 Å². The lowest BCUT2D eigenvalue weighted by molar-refractivity contribution is -0.138. The smallest absolute Gasteiger partial charge is 0.351 e. The first kappa shape index (κ1) is 26.5. The first-order chi connectivity index (χ1) is 18.0. The second-order valence-electron chi connectivity index (χ2n) is 8.04. The fourth-order valence-electron chi connectivity index (χ4n) is 3.32. The number of hydrogen-bond donors (Lipinski definition) is 3. The highest BCUT2D eigenvalue weighted by Crippen LogP contribution is 2.33. The molecule has 0 spiro atoms. The number of hydrogen-bond acceptors (Lipinski definition) is 8. The SMILES string of the molecule is Cc1ccc(NC(=O)c2cc([C@@H](C)NC(=O)c3ncnc(Nc4ccncc4)c3Cl)no2)cc1C(F)(F)F. The van der Waals surface area contributed by atoms with Crippen molar-refractivity contribution in [3.8, 4) is 0 Å². The van der Waals surface area contributed by atoms with E-state index in [1.165, 1.54) is 31.5 Å². The zero-order chi connectivity index (χ0) is 27.4. The molecular formula is C24H19ClF3N7O3. The normalized spacial score (nSPS) is 12.1. The van der Waals surface area contributed by atoms with Crippen LogP contribution in [0.25, 0.3) is 0 Å². The van der Waals surface area contributed by atoms with Crippen molar-refractivity contribution in [2.24, 2.45) is 0 Å². The maximum atomic E-state index is 13.2. The van der Waals surface area contributed by atoms with Gasteiger partial charge in [-0.25, -0.2) is 9.97 Å². The van der Waals surface area contributed by atoms with E-state index in [9.17, 15) is 22.8 Å². The Hall–Kier alpha value is -4.52. The molecule has 196 valence electrons. The molecule has 0 radical (unpaired) electrons. The summed E-state index contributed by atoms with van der Waals surface area (Å²) in [6.07, 6.45) is -0.261. The van der Waals surface area contributed by atoms with Crippen molar-refractivity contribution in [2.45, 2.75) is 26.1 Å². The fraction of sp³-hybridized carbons (Fsp3) is 0.167. The number of aromatic nitrogens is 4. The number of nitrogens with one attached hydrogen (secondary N) is 3. The Balaban J connectivity index is 1.43. The number of anilines is 3. The Kier molecular flexibility index (Phi) is 7.57. The van der Waals surface area contributed by atoms with Gasteiger partial charge in [-0.2, -0.15) is 13.2 Å². The van der Waals surface area contributed by atoms with Gasteiger partial charge in [-0.15, -0.1) is 0 Å². The number of nitrogens with zero attached hydrogens (tertiary/aromatic N) is 4. The van der Waals surface area contributed by atoms with Crippen LogP contribution in [0.1, 0.15) is 50.8 Å². The molecule has 3 aromatic heterocycles. The second kappa shape index (κ2) is 10.8. The Labute approximate surface area is 218 Å². The molecule has 38 heavy (non-hydrogen) atoms. The average molecular weight is 546 g/mol. The highest BCUT2D eigenvalue weighted by molar-refractivity contribution is 6.35. The fourth-order valence-corrected chi connectivity index (χ4v) is 3.55. The molecule has 2 amide bonds. The topological polar surface area (TPSA) is 135 Å². The van der Waals surface area contributed by atoms with E-state index in [0.717, 1.165) is 6.07 Å². The van der Waals surface area contributed by atoms with E-state index in [1.807, 2.05) is 0 Å². The summed E-state index contributed by atoms with van der Waals surface area (Å²) >= 11 is 6.33. The zero-order valence-electron chi connectivity index (χ0n) is 19.8. The Bertz CT molecular complexity index is 1480. The lowest BCUT2D eigenvalue weighted by Crippen LogP contribution is -2.28. The largest absolute Gasteiger partial charge is 0.416 e. The van der Waals surface area contributed by atoms with E-state index in [1.54, 1.807) is 31.5 Å². The summed E-state index contributed by atoms with van der Waals surface area (Å²) in [6, 6.07) is 7.31. The monoisotopic (exact) mass is 545 g/mol. The van der Waals surface area contributed by atoms with E-state index >= 15 is 0 Å². The van der Waals surface area contributed by atoms with Crippen molar-refractivity contribution in [1.82, 2.24) is 25.4 Å². The molecule has 4 rings (SSSR count). The van der Waals surface area contributed by atoms with Gasteiger partial charge < -0.3 is 20.5 Å². The van der Waals surface area contributed by atoms with Crippen LogP contribution >= 0.6 is 11.6 Å². The van der Waals surface area contributed by atoms with Crippen molar-refractivity contribution in [1.29, 1.82) is 0 Å². The molecule has 0 saturated heterocycles. The molecule has 3 heterocycles. The third-order valence-corrected chi connectivity index (χ3v) is 5.65. The van der Waals surface area contributed by atoms with Gasteiger partial charge in [-0.05, 0) is 43.7 Å². The number of aryl methyl sites for hydroxylation is 1. The third kappa shape index (κ3) is 6.06. The maximum absolute atomic E-state index is 13.2. The minimum Gasteiger partial charge on any atom is -0.351 e. The van der Waals surface area contributed by atoms with Crippen molar-refractivity contribution in [3.05, 3.63) is 88.4 Å². The van der Waals surface area contributed by atoms with Crippen molar-refractivity contribution >= 4 is 40.6 Å². The van der Waals surface area contributed by atoms with Crippen LogP contribution in [-0.2, 0) is 6.18 Å². The maximum Gasteiger partial charge on any atom is 0.416 e. The summed E-state index contributed by atoms with van der Waals surface area (Å²) in [4.78, 5) is 37.2. The molecule has 0 aliphatic carbocycles. The van der Waals surface area contributed by atoms with E-state index in [0.29, 0.717) is 5.69 Å². The quantitative estimate of drug-likeness (QED) is 0.284. The summed E-state index contributed by atoms with van der Waals surface area (Å²) in [5.41, 5.74) is -0.190. The van der Waals surface area contributed by atoms with E-state index < -0.39 is 29.6 Å². The molecule has 0 saturated carbocycles. The van der Waals surface area contributed by atoms with Gasteiger partial charge in [0, 0.05) is 29.8 Å². The number of rotatable bonds is 7. The van der Waals surface area contributed by atoms with Crippen LogP contribution in [0.5, 0.6) is 0 Å². The van der Waals surface area contributed by atoms with Gasteiger partial charge in [0.15, 0.2) is 11.5 Å². The molecule has 0 aliphatic heterocycles. The van der Waals surface area contributed by atoms with Crippen LogP contribution in [0.2, 0.25) is 5.02 Å².